The normalized spacial score (nSPS) is 19.8. The minimum atomic E-state index is 0.0112. The highest BCUT2D eigenvalue weighted by molar-refractivity contribution is 7.80. The number of rotatable bonds is 3. The van der Waals surface area contributed by atoms with Crippen LogP contribution < -0.4 is 9.64 Å². The second-order valence-corrected chi connectivity index (χ2v) is 4.50. The Morgan fingerprint density at radius 1 is 1.65 bits per heavy atom. The molecule has 1 amide bonds. The zero-order valence-corrected chi connectivity index (χ0v) is 10.9. The van der Waals surface area contributed by atoms with Crippen molar-refractivity contribution in [1.82, 2.24) is 9.97 Å². The van der Waals surface area contributed by atoms with Crippen LogP contribution in [0, 0.1) is 5.92 Å². The SMILES string of the molecule is COc1c(Cl)ncnc1N1CC(CS)CC1=O. The van der Waals surface area contributed by atoms with E-state index in [-0.39, 0.29) is 17.0 Å². The van der Waals surface area contributed by atoms with E-state index in [1.165, 1.54) is 13.4 Å². The molecular formula is C10H12ClN3O2S. The van der Waals surface area contributed by atoms with Gasteiger partial charge >= 0.3 is 0 Å². The molecule has 0 bridgehead atoms. The highest BCUT2D eigenvalue weighted by atomic mass is 35.5. The van der Waals surface area contributed by atoms with Gasteiger partial charge in [0.25, 0.3) is 0 Å². The fourth-order valence-corrected chi connectivity index (χ4v) is 2.27. The minimum absolute atomic E-state index is 0.0112. The van der Waals surface area contributed by atoms with Crippen LogP contribution in [0.15, 0.2) is 6.33 Å². The van der Waals surface area contributed by atoms with Gasteiger partial charge in [-0.05, 0) is 11.7 Å². The molecule has 1 aromatic heterocycles. The number of thiol groups is 1. The van der Waals surface area contributed by atoms with Crippen LogP contribution >= 0.6 is 24.2 Å². The first-order valence-corrected chi connectivity index (χ1v) is 6.14. The smallest absolute Gasteiger partial charge is 0.228 e. The fourth-order valence-electron chi connectivity index (χ4n) is 1.82. The van der Waals surface area contributed by atoms with E-state index in [0.29, 0.717) is 30.3 Å². The van der Waals surface area contributed by atoms with Crippen molar-refractivity contribution in [3.05, 3.63) is 11.5 Å². The van der Waals surface area contributed by atoms with Crippen LogP contribution in [-0.2, 0) is 4.79 Å². The van der Waals surface area contributed by atoms with Gasteiger partial charge in [0.1, 0.15) is 6.33 Å². The summed E-state index contributed by atoms with van der Waals surface area (Å²) >= 11 is 10.1. The fraction of sp³-hybridized carbons (Fsp3) is 0.500. The molecule has 0 N–H and O–H groups in total. The molecule has 1 aliphatic rings. The van der Waals surface area contributed by atoms with E-state index < -0.39 is 0 Å². The predicted octanol–water partition coefficient (Wildman–Crippen LogP) is 1.42. The molecule has 1 saturated heterocycles. The molecular weight excluding hydrogens is 262 g/mol. The summed E-state index contributed by atoms with van der Waals surface area (Å²) in [5.41, 5.74) is 0. The number of carbonyl (C=O) groups is 1. The first kappa shape index (κ1) is 12.4. The molecule has 1 atom stereocenters. The third-order valence-corrected chi connectivity index (χ3v) is 3.45. The summed E-state index contributed by atoms with van der Waals surface area (Å²) in [6.07, 6.45) is 1.80. The Kier molecular flexibility index (Phi) is 3.73. The van der Waals surface area contributed by atoms with Gasteiger partial charge in [0, 0.05) is 13.0 Å². The van der Waals surface area contributed by atoms with Crippen LogP contribution in [0.4, 0.5) is 5.82 Å². The second-order valence-electron chi connectivity index (χ2n) is 3.78. The molecule has 1 aromatic rings. The summed E-state index contributed by atoms with van der Waals surface area (Å²) in [7, 11) is 1.48. The predicted molar refractivity (Wildman–Crippen MR) is 67.9 cm³/mol. The summed E-state index contributed by atoms with van der Waals surface area (Å²) in [5, 5.41) is 0.208. The van der Waals surface area contributed by atoms with Crippen LogP contribution in [0.5, 0.6) is 5.75 Å². The standard InChI is InChI=1S/C10H12ClN3O2S/c1-16-8-9(11)12-5-13-10(8)14-3-6(4-17)2-7(14)15/h5-6,17H,2-4H2,1H3. The second kappa shape index (κ2) is 5.10. The van der Waals surface area contributed by atoms with Crippen molar-refractivity contribution in [2.75, 3.05) is 24.3 Å². The third-order valence-electron chi connectivity index (χ3n) is 2.66. The lowest BCUT2D eigenvalue weighted by Crippen LogP contribution is -2.26. The summed E-state index contributed by atoms with van der Waals surface area (Å²) in [6, 6.07) is 0. The van der Waals surface area contributed by atoms with Crippen LogP contribution in [-0.4, -0.2) is 35.3 Å². The Bertz CT molecular complexity index is 444. The molecule has 0 aromatic carbocycles. The average Bonchev–Trinajstić information content (AvgIpc) is 2.70. The molecule has 1 aliphatic heterocycles. The molecule has 1 fully saturated rings. The van der Waals surface area contributed by atoms with Gasteiger partial charge in [-0.3, -0.25) is 9.69 Å². The maximum atomic E-state index is 11.9. The van der Waals surface area contributed by atoms with Crippen molar-refractivity contribution in [2.24, 2.45) is 5.92 Å². The van der Waals surface area contributed by atoms with Gasteiger partial charge in [-0.15, -0.1) is 0 Å². The number of ether oxygens (including phenoxy) is 1. The minimum Gasteiger partial charge on any atom is -0.490 e. The van der Waals surface area contributed by atoms with Crippen molar-refractivity contribution >= 4 is 36.0 Å². The van der Waals surface area contributed by atoms with Gasteiger partial charge in [0.2, 0.25) is 5.91 Å². The first-order chi connectivity index (χ1) is 8.17. The number of methoxy groups -OCH3 is 1. The van der Waals surface area contributed by atoms with E-state index >= 15 is 0 Å². The summed E-state index contributed by atoms with van der Waals surface area (Å²) in [6.45, 7) is 0.589. The lowest BCUT2D eigenvalue weighted by atomic mass is 10.1. The molecule has 0 spiro atoms. The summed E-state index contributed by atoms with van der Waals surface area (Å²) in [5.74, 6) is 1.69. The van der Waals surface area contributed by atoms with Crippen molar-refractivity contribution in [1.29, 1.82) is 0 Å². The van der Waals surface area contributed by atoms with Crippen LogP contribution in [0.1, 0.15) is 6.42 Å². The largest absolute Gasteiger partial charge is 0.490 e. The van der Waals surface area contributed by atoms with Crippen molar-refractivity contribution in [3.63, 3.8) is 0 Å². The van der Waals surface area contributed by atoms with Gasteiger partial charge in [0.05, 0.1) is 7.11 Å². The Labute approximate surface area is 110 Å². The van der Waals surface area contributed by atoms with E-state index in [1.54, 1.807) is 4.90 Å². The van der Waals surface area contributed by atoms with Crippen molar-refractivity contribution in [3.8, 4) is 5.75 Å². The van der Waals surface area contributed by atoms with E-state index in [2.05, 4.69) is 22.6 Å². The Balaban J connectivity index is 2.34. The lowest BCUT2D eigenvalue weighted by Gasteiger charge is -2.18. The van der Waals surface area contributed by atoms with Gasteiger partial charge in [-0.2, -0.15) is 12.6 Å². The lowest BCUT2D eigenvalue weighted by molar-refractivity contribution is -0.117. The number of amides is 1. The number of nitrogens with zero attached hydrogens (tertiary/aromatic N) is 3. The quantitative estimate of drug-likeness (QED) is 0.669. The number of anilines is 1. The molecule has 5 nitrogen and oxygen atoms in total. The van der Waals surface area contributed by atoms with Gasteiger partial charge in [0.15, 0.2) is 16.7 Å². The van der Waals surface area contributed by atoms with Crippen molar-refractivity contribution < 1.29 is 9.53 Å². The highest BCUT2D eigenvalue weighted by Crippen LogP contribution is 2.34. The number of hydrogen-bond acceptors (Lipinski definition) is 5. The number of halogens is 1. The van der Waals surface area contributed by atoms with Crippen LogP contribution in [0.3, 0.4) is 0 Å². The zero-order chi connectivity index (χ0) is 12.4. The van der Waals surface area contributed by atoms with E-state index in [4.69, 9.17) is 16.3 Å². The molecule has 0 radical (unpaired) electrons. The van der Waals surface area contributed by atoms with Crippen LogP contribution in [0.25, 0.3) is 0 Å². The van der Waals surface area contributed by atoms with Crippen molar-refractivity contribution in [2.45, 2.75) is 6.42 Å². The molecule has 2 rings (SSSR count). The number of aromatic nitrogens is 2. The zero-order valence-electron chi connectivity index (χ0n) is 9.26. The first-order valence-electron chi connectivity index (χ1n) is 5.13. The van der Waals surface area contributed by atoms with Gasteiger partial charge in [-0.25, -0.2) is 9.97 Å². The average molecular weight is 274 g/mol. The third kappa shape index (κ3) is 2.32. The molecule has 17 heavy (non-hydrogen) atoms. The Morgan fingerprint density at radius 2 is 2.41 bits per heavy atom. The molecule has 1 unspecified atom stereocenters. The monoisotopic (exact) mass is 273 g/mol. The maximum Gasteiger partial charge on any atom is 0.228 e. The topological polar surface area (TPSA) is 55.3 Å². The highest BCUT2D eigenvalue weighted by Gasteiger charge is 2.32. The number of carbonyl (C=O) groups excluding carboxylic acids is 1. The summed E-state index contributed by atoms with van der Waals surface area (Å²) < 4.78 is 5.14. The molecule has 92 valence electrons. The van der Waals surface area contributed by atoms with E-state index in [0.717, 1.165) is 0 Å². The van der Waals surface area contributed by atoms with Gasteiger partial charge < -0.3 is 4.74 Å². The van der Waals surface area contributed by atoms with E-state index in [9.17, 15) is 4.79 Å². The molecule has 0 saturated carbocycles. The van der Waals surface area contributed by atoms with E-state index in [1.807, 2.05) is 0 Å². The maximum absolute atomic E-state index is 11.9. The molecule has 7 heteroatoms. The Morgan fingerprint density at radius 3 is 3.00 bits per heavy atom. The molecule has 0 aliphatic carbocycles. The number of hydrogen-bond donors (Lipinski definition) is 1. The van der Waals surface area contributed by atoms with Crippen LogP contribution in [0.2, 0.25) is 5.15 Å². The van der Waals surface area contributed by atoms with Gasteiger partial charge in [-0.1, -0.05) is 11.6 Å². The summed E-state index contributed by atoms with van der Waals surface area (Å²) in [4.78, 5) is 21.3. The Hall–Kier alpha value is -1.01. The molecule has 2 heterocycles.